The van der Waals surface area contributed by atoms with Crippen LogP contribution < -0.4 is 0 Å². The Balaban J connectivity index is 2.15. The number of hydrogen-bond acceptors (Lipinski definition) is 4. The largest absolute Gasteiger partial charge is 0.333 e. The molecule has 0 atom stereocenters. The van der Waals surface area contributed by atoms with Gasteiger partial charge in [0.2, 0.25) is 0 Å². The molecule has 6 heteroatoms. The van der Waals surface area contributed by atoms with Crippen molar-refractivity contribution in [2.75, 3.05) is 27.7 Å². The van der Waals surface area contributed by atoms with Gasteiger partial charge in [0.25, 0.3) is 11.8 Å². The van der Waals surface area contributed by atoms with Gasteiger partial charge in [0, 0.05) is 19.3 Å². The highest BCUT2D eigenvalue weighted by atomic mass is 16.7. The van der Waals surface area contributed by atoms with E-state index < -0.39 is 17.8 Å². The number of quaternary nitrogens is 1. The van der Waals surface area contributed by atoms with Crippen LogP contribution in [-0.4, -0.2) is 55.0 Å². The fraction of sp³-hybridized carbons (Fsp3) is 0.769. The van der Waals surface area contributed by atoms with Crippen LogP contribution in [0.3, 0.4) is 0 Å². The molecule has 0 spiro atoms. The molecule has 0 bridgehead atoms. The molecule has 2 amide bonds. The molecule has 0 unspecified atom stereocenters. The van der Waals surface area contributed by atoms with Gasteiger partial charge in [-0.1, -0.05) is 0 Å². The zero-order chi connectivity index (χ0) is 14.5. The molecule has 0 radical (unpaired) electrons. The molecule has 1 heterocycles. The van der Waals surface area contributed by atoms with Gasteiger partial charge in [0.05, 0.1) is 27.7 Å². The van der Waals surface area contributed by atoms with Crippen LogP contribution in [0.5, 0.6) is 0 Å². The molecule has 1 fully saturated rings. The Labute approximate surface area is 113 Å². The maximum atomic E-state index is 11.5. The van der Waals surface area contributed by atoms with E-state index in [1.165, 1.54) is 0 Å². The van der Waals surface area contributed by atoms with Crippen LogP contribution in [0, 0.1) is 0 Å². The predicted molar refractivity (Wildman–Crippen MR) is 68.5 cm³/mol. The highest BCUT2D eigenvalue weighted by Crippen LogP contribution is 2.13. The highest BCUT2D eigenvalue weighted by molar-refractivity contribution is 6.01. The molecule has 0 aromatic rings. The number of rotatable bonds is 7. The van der Waals surface area contributed by atoms with Crippen molar-refractivity contribution in [2.24, 2.45) is 0 Å². The van der Waals surface area contributed by atoms with Crippen molar-refractivity contribution in [2.45, 2.75) is 38.5 Å². The van der Waals surface area contributed by atoms with Gasteiger partial charge in [-0.15, -0.1) is 5.06 Å². The molecular formula is C13H23N2O4+. The molecule has 1 aliphatic rings. The average molecular weight is 271 g/mol. The first kappa shape index (κ1) is 15.6. The number of unbranched alkanes of at least 4 members (excludes halogenated alkanes) is 2. The summed E-state index contributed by atoms with van der Waals surface area (Å²) in [6.07, 6.45) is 3.21. The minimum absolute atomic E-state index is 0.135. The second-order valence-electron chi connectivity index (χ2n) is 5.87. The minimum atomic E-state index is -0.506. The standard InChI is InChI=1S/C13H23N2O4/c1-15(2,3)10-6-4-5-7-13(18)19-14-11(16)8-9-12(14)17/h4-10H2,1-3H3/q+1. The third-order valence-corrected chi connectivity index (χ3v) is 2.91. The van der Waals surface area contributed by atoms with E-state index >= 15 is 0 Å². The summed E-state index contributed by atoms with van der Waals surface area (Å²) in [5.74, 6) is -1.36. The van der Waals surface area contributed by atoms with Gasteiger partial charge in [0.15, 0.2) is 0 Å². The van der Waals surface area contributed by atoms with Crippen LogP contribution in [-0.2, 0) is 19.2 Å². The Morgan fingerprint density at radius 1 is 1.11 bits per heavy atom. The Bertz CT molecular complexity index is 344. The first-order valence-electron chi connectivity index (χ1n) is 6.66. The van der Waals surface area contributed by atoms with Crippen molar-refractivity contribution in [1.29, 1.82) is 0 Å². The van der Waals surface area contributed by atoms with Gasteiger partial charge < -0.3 is 9.32 Å². The van der Waals surface area contributed by atoms with Gasteiger partial charge in [-0.25, -0.2) is 4.79 Å². The van der Waals surface area contributed by atoms with Gasteiger partial charge in [-0.3, -0.25) is 9.59 Å². The maximum absolute atomic E-state index is 11.5. The van der Waals surface area contributed by atoms with E-state index in [0.717, 1.165) is 30.3 Å². The third-order valence-electron chi connectivity index (χ3n) is 2.91. The number of nitrogens with zero attached hydrogens (tertiary/aromatic N) is 2. The lowest BCUT2D eigenvalue weighted by molar-refractivity contribution is -0.870. The summed E-state index contributed by atoms with van der Waals surface area (Å²) in [5.41, 5.74) is 0. The molecule has 0 aromatic heterocycles. The topological polar surface area (TPSA) is 63.7 Å². The normalized spacial score (nSPS) is 16.1. The maximum Gasteiger partial charge on any atom is 0.333 e. The quantitative estimate of drug-likeness (QED) is 0.391. The van der Waals surface area contributed by atoms with Crippen molar-refractivity contribution in [3.8, 4) is 0 Å². The first-order chi connectivity index (χ1) is 8.79. The summed E-state index contributed by atoms with van der Waals surface area (Å²) in [7, 11) is 6.37. The van der Waals surface area contributed by atoms with E-state index in [1.54, 1.807) is 0 Å². The molecule has 1 aliphatic heterocycles. The van der Waals surface area contributed by atoms with Gasteiger partial charge in [-0.2, -0.15) is 0 Å². The van der Waals surface area contributed by atoms with Crippen molar-refractivity contribution in [3.63, 3.8) is 0 Å². The van der Waals surface area contributed by atoms with Gasteiger partial charge >= 0.3 is 5.97 Å². The van der Waals surface area contributed by atoms with E-state index in [-0.39, 0.29) is 19.3 Å². The van der Waals surface area contributed by atoms with Crippen LogP contribution in [0.4, 0.5) is 0 Å². The number of carbonyl (C=O) groups is 3. The van der Waals surface area contributed by atoms with E-state index in [0.29, 0.717) is 5.06 Å². The molecule has 1 rings (SSSR count). The van der Waals surface area contributed by atoms with Gasteiger partial charge in [0.1, 0.15) is 0 Å². The fourth-order valence-electron chi connectivity index (χ4n) is 1.84. The highest BCUT2D eigenvalue weighted by Gasteiger charge is 2.32. The molecular weight excluding hydrogens is 248 g/mol. The summed E-state index contributed by atoms with van der Waals surface area (Å²) in [6, 6.07) is 0. The van der Waals surface area contributed by atoms with Gasteiger partial charge in [-0.05, 0) is 19.3 Å². The third kappa shape index (κ3) is 5.83. The number of imide groups is 1. The van der Waals surface area contributed by atoms with Crippen molar-refractivity contribution in [1.82, 2.24) is 5.06 Å². The van der Waals surface area contributed by atoms with Crippen molar-refractivity contribution >= 4 is 17.8 Å². The Morgan fingerprint density at radius 3 is 2.21 bits per heavy atom. The van der Waals surface area contributed by atoms with Crippen molar-refractivity contribution < 1.29 is 23.7 Å². The summed E-state index contributed by atoms with van der Waals surface area (Å²) < 4.78 is 0.904. The van der Waals surface area contributed by atoms with Crippen LogP contribution in [0.15, 0.2) is 0 Å². The second-order valence-corrected chi connectivity index (χ2v) is 5.87. The van der Waals surface area contributed by atoms with E-state index in [1.807, 2.05) is 0 Å². The Morgan fingerprint density at radius 2 is 1.68 bits per heavy atom. The lowest BCUT2D eigenvalue weighted by Crippen LogP contribution is -2.35. The number of amides is 2. The van der Waals surface area contributed by atoms with E-state index in [2.05, 4.69) is 21.1 Å². The zero-order valence-corrected chi connectivity index (χ0v) is 12.0. The fourth-order valence-corrected chi connectivity index (χ4v) is 1.84. The van der Waals surface area contributed by atoms with Crippen LogP contribution >= 0.6 is 0 Å². The molecule has 19 heavy (non-hydrogen) atoms. The molecule has 108 valence electrons. The molecule has 6 nitrogen and oxygen atoms in total. The zero-order valence-electron chi connectivity index (χ0n) is 12.0. The Hall–Kier alpha value is -1.43. The average Bonchev–Trinajstić information content (AvgIpc) is 2.59. The minimum Gasteiger partial charge on any atom is -0.331 e. The monoisotopic (exact) mass is 271 g/mol. The van der Waals surface area contributed by atoms with E-state index in [9.17, 15) is 14.4 Å². The van der Waals surface area contributed by atoms with Crippen molar-refractivity contribution in [3.05, 3.63) is 0 Å². The number of hydrogen-bond donors (Lipinski definition) is 0. The first-order valence-corrected chi connectivity index (χ1v) is 6.66. The summed E-state index contributed by atoms with van der Waals surface area (Å²) in [6.45, 7) is 1.05. The van der Waals surface area contributed by atoms with E-state index in [4.69, 9.17) is 4.84 Å². The summed E-state index contributed by atoms with van der Waals surface area (Å²) in [5, 5.41) is 0.606. The van der Waals surface area contributed by atoms with Crippen LogP contribution in [0.25, 0.3) is 0 Å². The lowest BCUT2D eigenvalue weighted by Gasteiger charge is -2.23. The molecule has 0 aromatic carbocycles. The number of carbonyl (C=O) groups excluding carboxylic acids is 3. The molecule has 1 saturated heterocycles. The van der Waals surface area contributed by atoms with Crippen LogP contribution in [0.1, 0.15) is 38.5 Å². The summed E-state index contributed by atoms with van der Waals surface area (Å²) >= 11 is 0. The Kier molecular flexibility index (Phi) is 5.47. The lowest BCUT2D eigenvalue weighted by atomic mass is 10.2. The summed E-state index contributed by atoms with van der Waals surface area (Å²) in [4.78, 5) is 38.7. The number of hydroxylamine groups is 2. The molecule has 0 N–H and O–H groups in total. The second kappa shape index (κ2) is 6.65. The molecule has 0 saturated carbocycles. The van der Waals surface area contributed by atoms with Crippen LogP contribution in [0.2, 0.25) is 0 Å². The smallest absolute Gasteiger partial charge is 0.331 e. The molecule has 0 aliphatic carbocycles. The predicted octanol–water partition coefficient (Wildman–Crippen LogP) is 0.860. The SMILES string of the molecule is C[N+](C)(C)CCCCCC(=O)ON1C(=O)CCC1=O.